The second-order valence-corrected chi connectivity index (χ2v) is 5.27. The first-order valence-corrected chi connectivity index (χ1v) is 6.93. The molecule has 1 aromatic carbocycles. The lowest BCUT2D eigenvalue weighted by atomic mass is 9.94. The molecule has 102 valence electrons. The van der Waals surface area contributed by atoms with E-state index in [0.29, 0.717) is 0 Å². The Bertz CT molecular complexity index is 578. The number of halogens is 1. The number of methoxy groups -OCH3 is 1. The summed E-state index contributed by atoms with van der Waals surface area (Å²) in [5, 5.41) is 3.34. The highest BCUT2D eigenvalue weighted by Gasteiger charge is 2.20. The molecule has 0 radical (unpaired) electrons. The van der Waals surface area contributed by atoms with Crippen molar-refractivity contribution in [2.75, 3.05) is 14.2 Å². The molecular formula is C15H18BrNO2. The lowest BCUT2D eigenvalue weighted by molar-refractivity contribution is 0.411. The number of rotatable bonds is 4. The van der Waals surface area contributed by atoms with Gasteiger partial charge >= 0.3 is 0 Å². The summed E-state index contributed by atoms with van der Waals surface area (Å²) < 4.78 is 11.5. The zero-order chi connectivity index (χ0) is 14.0. The fourth-order valence-electron chi connectivity index (χ4n) is 2.33. The molecule has 2 rings (SSSR count). The normalized spacial score (nSPS) is 12.5. The second kappa shape index (κ2) is 5.80. The molecule has 4 heteroatoms. The van der Waals surface area contributed by atoms with Crippen LogP contribution < -0.4 is 10.1 Å². The number of hydrogen-bond donors (Lipinski definition) is 1. The molecule has 19 heavy (non-hydrogen) atoms. The van der Waals surface area contributed by atoms with Crippen LogP contribution in [-0.2, 0) is 0 Å². The van der Waals surface area contributed by atoms with Crippen molar-refractivity contribution in [3.63, 3.8) is 0 Å². The fraction of sp³-hybridized carbons (Fsp3) is 0.333. The summed E-state index contributed by atoms with van der Waals surface area (Å²) in [6.45, 7) is 4.15. The SMILES string of the molecule is CNC(c1cc(C)c(OC)cc1C)c1ccoc1Br. The smallest absolute Gasteiger partial charge is 0.174 e. The Labute approximate surface area is 122 Å². The minimum Gasteiger partial charge on any atom is -0.496 e. The van der Waals surface area contributed by atoms with E-state index in [2.05, 4.69) is 47.2 Å². The van der Waals surface area contributed by atoms with E-state index in [1.807, 2.05) is 13.1 Å². The standard InChI is InChI=1S/C15H18BrNO2/c1-9-8-13(18-4)10(2)7-12(9)14(17-3)11-5-6-19-15(11)16/h5-8,14,17H,1-4H3. The molecule has 0 aliphatic rings. The third kappa shape index (κ3) is 2.69. The van der Waals surface area contributed by atoms with Crippen molar-refractivity contribution < 1.29 is 9.15 Å². The Morgan fingerprint density at radius 2 is 1.95 bits per heavy atom. The van der Waals surface area contributed by atoms with Gasteiger partial charge in [-0.15, -0.1) is 0 Å². The summed E-state index contributed by atoms with van der Waals surface area (Å²) in [7, 11) is 3.65. The minimum absolute atomic E-state index is 0.0951. The molecule has 0 aliphatic heterocycles. The number of furan rings is 1. The molecule has 0 fully saturated rings. The quantitative estimate of drug-likeness (QED) is 0.924. The molecule has 0 saturated carbocycles. The van der Waals surface area contributed by atoms with Crippen LogP contribution in [-0.4, -0.2) is 14.2 Å². The predicted molar refractivity (Wildman–Crippen MR) is 79.8 cm³/mol. The van der Waals surface area contributed by atoms with Crippen molar-refractivity contribution in [1.82, 2.24) is 5.32 Å². The maximum atomic E-state index is 5.36. The third-order valence-electron chi connectivity index (χ3n) is 3.34. The van der Waals surface area contributed by atoms with Crippen molar-refractivity contribution in [2.45, 2.75) is 19.9 Å². The molecule has 0 aliphatic carbocycles. The van der Waals surface area contributed by atoms with Gasteiger partial charge in [0.2, 0.25) is 0 Å². The number of benzene rings is 1. The monoisotopic (exact) mass is 323 g/mol. The summed E-state index contributed by atoms with van der Waals surface area (Å²) in [6, 6.07) is 6.31. The average molecular weight is 324 g/mol. The van der Waals surface area contributed by atoms with Gasteiger partial charge in [-0.05, 0) is 65.6 Å². The van der Waals surface area contributed by atoms with E-state index >= 15 is 0 Å². The summed E-state index contributed by atoms with van der Waals surface area (Å²) in [5.74, 6) is 0.919. The van der Waals surface area contributed by atoms with E-state index in [1.54, 1.807) is 13.4 Å². The highest BCUT2D eigenvalue weighted by molar-refractivity contribution is 9.10. The lowest BCUT2D eigenvalue weighted by Crippen LogP contribution is -2.18. The molecule has 0 amide bonds. The summed E-state index contributed by atoms with van der Waals surface area (Å²) in [5.41, 5.74) is 4.64. The molecule has 0 spiro atoms. The molecule has 2 aromatic rings. The van der Waals surface area contributed by atoms with E-state index in [4.69, 9.17) is 9.15 Å². The van der Waals surface area contributed by atoms with Gasteiger partial charge in [0.15, 0.2) is 4.67 Å². The van der Waals surface area contributed by atoms with Crippen LogP contribution in [0.5, 0.6) is 5.75 Å². The maximum absolute atomic E-state index is 5.36. The van der Waals surface area contributed by atoms with E-state index in [1.165, 1.54) is 11.1 Å². The van der Waals surface area contributed by atoms with Gasteiger partial charge in [0, 0.05) is 5.56 Å². The van der Waals surface area contributed by atoms with Crippen LogP contribution in [0.1, 0.15) is 28.3 Å². The molecule has 1 unspecified atom stereocenters. The number of ether oxygens (including phenoxy) is 1. The van der Waals surface area contributed by atoms with E-state index in [9.17, 15) is 0 Å². The first-order chi connectivity index (χ1) is 9.08. The third-order valence-corrected chi connectivity index (χ3v) is 3.99. The topological polar surface area (TPSA) is 34.4 Å². The number of nitrogens with one attached hydrogen (secondary N) is 1. The molecule has 1 atom stereocenters. The Morgan fingerprint density at radius 1 is 1.21 bits per heavy atom. The minimum atomic E-state index is 0.0951. The number of hydrogen-bond acceptors (Lipinski definition) is 3. The Balaban J connectivity index is 2.50. The van der Waals surface area contributed by atoms with Crippen molar-refractivity contribution in [3.05, 3.63) is 51.4 Å². The fourth-order valence-corrected chi connectivity index (χ4v) is 2.80. The molecule has 1 heterocycles. The lowest BCUT2D eigenvalue weighted by Gasteiger charge is -2.20. The van der Waals surface area contributed by atoms with Gasteiger partial charge < -0.3 is 14.5 Å². The Kier molecular flexibility index (Phi) is 4.32. The van der Waals surface area contributed by atoms with Crippen LogP contribution >= 0.6 is 15.9 Å². The van der Waals surface area contributed by atoms with Crippen LogP contribution in [0, 0.1) is 13.8 Å². The molecule has 0 bridgehead atoms. The first-order valence-electron chi connectivity index (χ1n) is 6.13. The Morgan fingerprint density at radius 3 is 2.47 bits per heavy atom. The maximum Gasteiger partial charge on any atom is 0.174 e. The van der Waals surface area contributed by atoms with Crippen molar-refractivity contribution >= 4 is 15.9 Å². The van der Waals surface area contributed by atoms with E-state index in [-0.39, 0.29) is 6.04 Å². The molecule has 1 aromatic heterocycles. The highest BCUT2D eigenvalue weighted by atomic mass is 79.9. The van der Waals surface area contributed by atoms with Gasteiger partial charge in [-0.2, -0.15) is 0 Å². The van der Waals surface area contributed by atoms with Crippen LogP contribution in [0.25, 0.3) is 0 Å². The van der Waals surface area contributed by atoms with Gasteiger partial charge in [-0.1, -0.05) is 6.07 Å². The highest BCUT2D eigenvalue weighted by Crippen LogP contribution is 2.33. The molecule has 0 saturated heterocycles. The van der Waals surface area contributed by atoms with E-state index in [0.717, 1.165) is 21.5 Å². The van der Waals surface area contributed by atoms with E-state index < -0.39 is 0 Å². The summed E-state index contributed by atoms with van der Waals surface area (Å²) in [6.07, 6.45) is 1.69. The molecule has 1 N–H and O–H groups in total. The zero-order valence-electron chi connectivity index (χ0n) is 11.6. The summed E-state index contributed by atoms with van der Waals surface area (Å²) >= 11 is 3.44. The van der Waals surface area contributed by atoms with Gasteiger partial charge in [0.25, 0.3) is 0 Å². The van der Waals surface area contributed by atoms with Crippen LogP contribution in [0.2, 0.25) is 0 Å². The zero-order valence-corrected chi connectivity index (χ0v) is 13.2. The molecular weight excluding hydrogens is 306 g/mol. The van der Waals surface area contributed by atoms with Crippen LogP contribution in [0.15, 0.2) is 33.5 Å². The Hall–Kier alpha value is -1.26. The van der Waals surface area contributed by atoms with Gasteiger partial charge in [0.05, 0.1) is 19.4 Å². The average Bonchev–Trinajstić information content (AvgIpc) is 2.80. The van der Waals surface area contributed by atoms with Crippen LogP contribution in [0.4, 0.5) is 0 Å². The van der Waals surface area contributed by atoms with Gasteiger partial charge in [0.1, 0.15) is 5.75 Å². The number of aryl methyl sites for hydroxylation is 2. The van der Waals surface area contributed by atoms with Crippen molar-refractivity contribution in [2.24, 2.45) is 0 Å². The van der Waals surface area contributed by atoms with Crippen molar-refractivity contribution in [3.8, 4) is 5.75 Å². The largest absolute Gasteiger partial charge is 0.496 e. The van der Waals surface area contributed by atoms with Crippen LogP contribution in [0.3, 0.4) is 0 Å². The van der Waals surface area contributed by atoms with Gasteiger partial charge in [-0.3, -0.25) is 0 Å². The first kappa shape index (κ1) is 14.2. The summed E-state index contributed by atoms with van der Waals surface area (Å²) in [4.78, 5) is 0. The van der Waals surface area contributed by atoms with Crippen molar-refractivity contribution in [1.29, 1.82) is 0 Å². The van der Waals surface area contributed by atoms with Gasteiger partial charge in [-0.25, -0.2) is 0 Å². The molecule has 3 nitrogen and oxygen atoms in total. The predicted octanol–water partition coefficient (Wildman–Crippen LogP) is 3.98. The second-order valence-electron chi connectivity index (χ2n) is 4.55.